The molecular formula is C42H25ClN6O. The van der Waals surface area contributed by atoms with E-state index in [0.717, 1.165) is 49.9 Å². The molecule has 0 atom stereocenters. The zero-order valence-corrected chi connectivity index (χ0v) is 27.2. The topological polar surface area (TPSA) is 90.5 Å². The molecule has 7 nitrogen and oxygen atoms in total. The smallest absolute Gasteiger partial charge is 0.229 e. The Labute approximate surface area is 292 Å². The molecule has 8 heteroatoms. The Morgan fingerprint density at radius 2 is 0.860 bits per heavy atom. The first kappa shape index (κ1) is 29.6. The van der Waals surface area contributed by atoms with Crippen LogP contribution in [0.15, 0.2) is 156 Å². The number of furan rings is 1. The first-order chi connectivity index (χ1) is 24.7. The molecular weight excluding hydrogens is 640 g/mol. The average Bonchev–Trinajstić information content (AvgIpc) is 3.56. The van der Waals surface area contributed by atoms with E-state index < -0.39 is 0 Å². The maximum atomic E-state index is 6.40. The van der Waals surface area contributed by atoms with Gasteiger partial charge in [0.1, 0.15) is 11.2 Å². The Morgan fingerprint density at radius 1 is 0.420 bits per heavy atom. The van der Waals surface area contributed by atoms with E-state index in [4.69, 9.17) is 31.0 Å². The lowest BCUT2D eigenvalue weighted by Gasteiger charge is -2.10. The second kappa shape index (κ2) is 12.5. The van der Waals surface area contributed by atoms with Gasteiger partial charge in [-0.2, -0.15) is 0 Å². The van der Waals surface area contributed by atoms with Gasteiger partial charge in [0, 0.05) is 34.0 Å². The highest BCUT2D eigenvalue weighted by molar-refractivity contribution is 6.29. The monoisotopic (exact) mass is 664 g/mol. The van der Waals surface area contributed by atoms with Crippen molar-refractivity contribution in [3.05, 3.63) is 157 Å². The number of pyridine rings is 1. The predicted molar refractivity (Wildman–Crippen MR) is 198 cm³/mol. The number of rotatable bonds is 6. The van der Waals surface area contributed by atoms with Gasteiger partial charge < -0.3 is 4.42 Å². The largest absolute Gasteiger partial charge is 0.434 e. The summed E-state index contributed by atoms with van der Waals surface area (Å²) in [6.07, 6.45) is 1.80. The molecule has 5 aromatic carbocycles. The van der Waals surface area contributed by atoms with Crippen LogP contribution in [-0.2, 0) is 0 Å². The molecule has 4 heterocycles. The Bertz CT molecular complexity index is 2630. The van der Waals surface area contributed by atoms with Gasteiger partial charge in [-0.15, -0.1) is 0 Å². The Kier molecular flexibility index (Phi) is 7.37. The Morgan fingerprint density at radius 3 is 1.42 bits per heavy atom. The van der Waals surface area contributed by atoms with Crippen LogP contribution in [0.25, 0.3) is 89.9 Å². The van der Waals surface area contributed by atoms with Crippen LogP contribution >= 0.6 is 11.6 Å². The van der Waals surface area contributed by atoms with Crippen molar-refractivity contribution in [2.24, 2.45) is 0 Å². The fourth-order valence-corrected chi connectivity index (χ4v) is 6.23. The molecule has 0 unspecified atom stereocenters. The normalized spacial score (nSPS) is 11.3. The van der Waals surface area contributed by atoms with Crippen LogP contribution in [0.1, 0.15) is 0 Å². The molecule has 0 aliphatic heterocycles. The SMILES string of the molecule is Clc1nc(-c2ccccc2)c2oc3ncc(-c4ccc(-c5nc(-c6ccccc6)nc(-c6ccc(-c7ccccc7)cc6)n5)cc4)cc3c2n1. The van der Waals surface area contributed by atoms with Crippen LogP contribution in [0.2, 0.25) is 5.28 Å². The van der Waals surface area contributed by atoms with E-state index in [0.29, 0.717) is 40.0 Å². The fourth-order valence-electron chi connectivity index (χ4n) is 6.06. The summed E-state index contributed by atoms with van der Waals surface area (Å²) in [5.74, 6) is 1.80. The van der Waals surface area contributed by atoms with Crippen molar-refractivity contribution in [3.63, 3.8) is 0 Å². The molecule has 0 bridgehead atoms. The molecule has 0 N–H and O–H groups in total. The number of benzene rings is 5. The van der Waals surface area contributed by atoms with Crippen molar-refractivity contribution in [2.75, 3.05) is 0 Å². The summed E-state index contributed by atoms with van der Waals surface area (Å²) in [6, 6.07) is 48.5. The van der Waals surface area contributed by atoms with Crippen molar-refractivity contribution < 1.29 is 4.42 Å². The van der Waals surface area contributed by atoms with Crippen molar-refractivity contribution in [1.29, 1.82) is 0 Å². The minimum absolute atomic E-state index is 0.146. The molecule has 0 fully saturated rings. The summed E-state index contributed by atoms with van der Waals surface area (Å²) in [4.78, 5) is 28.4. The summed E-state index contributed by atoms with van der Waals surface area (Å²) >= 11 is 6.40. The lowest BCUT2D eigenvalue weighted by molar-refractivity contribution is 0.652. The molecule has 4 aromatic heterocycles. The number of aromatic nitrogens is 6. The summed E-state index contributed by atoms with van der Waals surface area (Å²) in [5.41, 5.74) is 10.0. The maximum absolute atomic E-state index is 6.40. The van der Waals surface area contributed by atoms with Crippen molar-refractivity contribution in [2.45, 2.75) is 0 Å². The number of halogens is 1. The second-order valence-corrected chi connectivity index (χ2v) is 12.1. The summed E-state index contributed by atoms with van der Waals surface area (Å²) in [6.45, 7) is 0. The quantitative estimate of drug-likeness (QED) is 0.163. The lowest BCUT2D eigenvalue weighted by atomic mass is 10.0. The zero-order chi connectivity index (χ0) is 33.4. The third kappa shape index (κ3) is 5.55. The van der Waals surface area contributed by atoms with Gasteiger partial charge in [-0.05, 0) is 34.4 Å². The van der Waals surface area contributed by atoms with E-state index in [1.165, 1.54) is 0 Å². The van der Waals surface area contributed by atoms with E-state index in [9.17, 15) is 0 Å². The number of hydrogen-bond donors (Lipinski definition) is 0. The van der Waals surface area contributed by atoms with E-state index in [2.05, 4.69) is 51.4 Å². The highest BCUT2D eigenvalue weighted by atomic mass is 35.5. The lowest BCUT2D eigenvalue weighted by Crippen LogP contribution is -2.00. The van der Waals surface area contributed by atoms with Crippen LogP contribution in [-0.4, -0.2) is 29.9 Å². The van der Waals surface area contributed by atoms with Gasteiger partial charge in [-0.3, -0.25) is 0 Å². The molecule has 50 heavy (non-hydrogen) atoms. The molecule has 9 rings (SSSR count). The molecule has 0 saturated carbocycles. The Balaban J connectivity index is 1.09. The minimum Gasteiger partial charge on any atom is -0.434 e. The summed E-state index contributed by atoms with van der Waals surface area (Å²) in [5, 5.41) is 0.906. The highest BCUT2D eigenvalue weighted by Crippen LogP contribution is 2.36. The van der Waals surface area contributed by atoms with Gasteiger partial charge in [0.15, 0.2) is 23.1 Å². The standard InChI is InChI=1S/C42H25ClN6O/c43-42-45-35(29-12-6-2-7-13-29)37-36(46-42)34-24-33(25-44-41(34)50-37)28-18-22-32(23-19-28)40-48-38(30-14-8-3-9-15-30)47-39(49-40)31-20-16-27(17-21-31)26-10-4-1-5-11-26/h1-25H. The first-order valence-corrected chi connectivity index (χ1v) is 16.4. The fraction of sp³-hybridized carbons (Fsp3) is 0. The van der Waals surface area contributed by atoms with Gasteiger partial charge in [0.25, 0.3) is 0 Å². The van der Waals surface area contributed by atoms with E-state index >= 15 is 0 Å². The molecule has 9 aromatic rings. The van der Waals surface area contributed by atoms with Gasteiger partial charge in [-0.25, -0.2) is 29.9 Å². The van der Waals surface area contributed by atoms with Crippen LogP contribution in [0, 0.1) is 0 Å². The third-order valence-electron chi connectivity index (χ3n) is 8.58. The molecule has 236 valence electrons. The van der Waals surface area contributed by atoms with Gasteiger partial charge in [-0.1, -0.05) is 140 Å². The summed E-state index contributed by atoms with van der Waals surface area (Å²) < 4.78 is 6.17. The van der Waals surface area contributed by atoms with Crippen molar-refractivity contribution in [3.8, 4) is 67.7 Å². The van der Waals surface area contributed by atoms with E-state index in [1.54, 1.807) is 6.20 Å². The van der Waals surface area contributed by atoms with E-state index in [1.807, 2.05) is 109 Å². The van der Waals surface area contributed by atoms with Crippen LogP contribution < -0.4 is 0 Å². The maximum Gasteiger partial charge on any atom is 0.229 e. The van der Waals surface area contributed by atoms with Crippen LogP contribution in [0.3, 0.4) is 0 Å². The minimum atomic E-state index is 0.146. The zero-order valence-electron chi connectivity index (χ0n) is 26.4. The average molecular weight is 665 g/mol. The number of hydrogen-bond acceptors (Lipinski definition) is 7. The second-order valence-electron chi connectivity index (χ2n) is 11.8. The van der Waals surface area contributed by atoms with Crippen molar-refractivity contribution >= 4 is 33.8 Å². The molecule has 0 spiro atoms. The third-order valence-corrected chi connectivity index (χ3v) is 8.75. The molecule has 0 aliphatic carbocycles. The highest BCUT2D eigenvalue weighted by Gasteiger charge is 2.19. The molecule has 0 saturated heterocycles. The Hall–Kier alpha value is -6.57. The molecule has 0 amide bonds. The van der Waals surface area contributed by atoms with E-state index in [-0.39, 0.29) is 5.28 Å². The van der Waals surface area contributed by atoms with Crippen LogP contribution in [0.4, 0.5) is 0 Å². The number of fused-ring (bicyclic) bond motifs is 3. The van der Waals surface area contributed by atoms with Gasteiger partial charge in [0.05, 0.1) is 5.39 Å². The van der Waals surface area contributed by atoms with Gasteiger partial charge >= 0.3 is 0 Å². The van der Waals surface area contributed by atoms with Gasteiger partial charge in [0.2, 0.25) is 11.0 Å². The molecule has 0 radical (unpaired) electrons. The van der Waals surface area contributed by atoms with Crippen LogP contribution in [0.5, 0.6) is 0 Å². The predicted octanol–water partition coefficient (Wildman–Crippen LogP) is 10.6. The number of nitrogens with zero attached hydrogens (tertiary/aromatic N) is 6. The molecule has 0 aliphatic rings. The van der Waals surface area contributed by atoms with Crippen molar-refractivity contribution in [1.82, 2.24) is 29.9 Å². The first-order valence-electron chi connectivity index (χ1n) is 16.1. The summed E-state index contributed by atoms with van der Waals surface area (Å²) in [7, 11) is 0.